The third-order valence-corrected chi connectivity index (χ3v) is 7.68. The third kappa shape index (κ3) is 5.53. The van der Waals surface area contributed by atoms with Gasteiger partial charge in [-0.3, -0.25) is 19.9 Å². The van der Waals surface area contributed by atoms with Crippen LogP contribution in [0.25, 0.3) is 5.69 Å². The van der Waals surface area contributed by atoms with Crippen LogP contribution in [0.2, 0.25) is 0 Å². The zero-order chi connectivity index (χ0) is 30.0. The summed E-state index contributed by atoms with van der Waals surface area (Å²) in [6, 6.07) is 17.4. The number of carbonyl (C=O) groups is 1. The van der Waals surface area contributed by atoms with E-state index in [9.17, 15) is 19.3 Å². The van der Waals surface area contributed by atoms with Crippen molar-refractivity contribution >= 4 is 34.6 Å². The van der Waals surface area contributed by atoms with E-state index < -0.39 is 10.7 Å². The molecule has 3 heterocycles. The first kappa shape index (κ1) is 28.7. The molecule has 2 aromatic carbocycles. The van der Waals surface area contributed by atoms with Crippen LogP contribution in [0.4, 0.5) is 15.8 Å². The molecule has 1 amide bonds. The Morgan fingerprint density at radius 2 is 1.93 bits per heavy atom. The average Bonchev–Trinajstić information content (AvgIpc) is 3.47. The Labute approximate surface area is 247 Å². The van der Waals surface area contributed by atoms with Crippen LogP contribution < -0.4 is 15.4 Å². The van der Waals surface area contributed by atoms with Crippen molar-refractivity contribution in [3.8, 4) is 11.4 Å². The number of benzene rings is 2. The number of carbonyl (C=O) groups excluding carboxylic acids is 1. The highest BCUT2D eigenvalue weighted by molar-refractivity contribution is 7.80. The summed E-state index contributed by atoms with van der Waals surface area (Å²) in [6.07, 6.45) is 1.76. The third-order valence-electron chi connectivity index (χ3n) is 7.33. The monoisotopic (exact) mass is 588 g/mol. The van der Waals surface area contributed by atoms with Gasteiger partial charge in [0.2, 0.25) is 5.91 Å². The van der Waals surface area contributed by atoms with Crippen molar-refractivity contribution in [2.24, 2.45) is 0 Å². The fraction of sp³-hybridized carbons (Fsp3) is 0.233. The number of para-hydroxylation sites is 1. The Morgan fingerprint density at radius 1 is 1.17 bits per heavy atom. The van der Waals surface area contributed by atoms with E-state index in [1.807, 2.05) is 47.6 Å². The van der Waals surface area contributed by atoms with E-state index in [1.54, 1.807) is 24.4 Å². The maximum Gasteiger partial charge on any atom is 0.271 e. The number of nitro groups is 1. The molecule has 0 radical (unpaired) electrons. The molecule has 10 nitrogen and oxygen atoms in total. The number of aromatic nitrogens is 2. The number of hydrogen-bond acceptors (Lipinski definition) is 6. The molecule has 2 atom stereocenters. The van der Waals surface area contributed by atoms with E-state index in [0.29, 0.717) is 16.5 Å². The normalized spacial score (nSPS) is 16.3. The number of nitro benzene ring substituents is 1. The summed E-state index contributed by atoms with van der Waals surface area (Å²) in [4.78, 5) is 30.5. The zero-order valence-corrected chi connectivity index (χ0v) is 24.0. The number of methoxy groups -OCH3 is 1. The average molecular weight is 589 g/mol. The lowest BCUT2D eigenvalue weighted by atomic mass is 9.96. The Bertz CT molecular complexity index is 1660. The fourth-order valence-corrected chi connectivity index (χ4v) is 5.74. The molecular formula is C30H29FN6O4S. The van der Waals surface area contributed by atoms with Crippen molar-refractivity contribution in [1.82, 2.24) is 19.8 Å². The van der Waals surface area contributed by atoms with Crippen LogP contribution in [-0.2, 0) is 4.79 Å². The van der Waals surface area contributed by atoms with Crippen molar-refractivity contribution < 1.29 is 18.8 Å². The van der Waals surface area contributed by atoms with Gasteiger partial charge < -0.3 is 24.8 Å². The number of amides is 1. The number of halogens is 1. The maximum atomic E-state index is 14.1. The zero-order valence-electron chi connectivity index (χ0n) is 23.2. The molecule has 1 aliphatic rings. The van der Waals surface area contributed by atoms with Crippen molar-refractivity contribution in [2.45, 2.75) is 32.4 Å². The van der Waals surface area contributed by atoms with Gasteiger partial charge in [-0.25, -0.2) is 4.39 Å². The summed E-state index contributed by atoms with van der Waals surface area (Å²) in [6.45, 7) is 4.10. The largest absolute Gasteiger partial charge is 0.495 e. The molecule has 0 saturated carbocycles. The molecule has 216 valence electrons. The second kappa shape index (κ2) is 12.0. The van der Waals surface area contributed by atoms with Crippen molar-refractivity contribution in [3.05, 3.63) is 112 Å². The van der Waals surface area contributed by atoms with Gasteiger partial charge in [0.25, 0.3) is 5.69 Å². The smallest absolute Gasteiger partial charge is 0.271 e. The Kier molecular flexibility index (Phi) is 8.16. The van der Waals surface area contributed by atoms with Crippen molar-refractivity contribution in [2.75, 3.05) is 19.0 Å². The second-order valence-corrected chi connectivity index (χ2v) is 10.3. The van der Waals surface area contributed by atoms with Crippen LogP contribution in [0.3, 0.4) is 0 Å². The van der Waals surface area contributed by atoms with E-state index in [4.69, 9.17) is 17.0 Å². The van der Waals surface area contributed by atoms with Crippen LogP contribution in [0.1, 0.15) is 41.1 Å². The van der Waals surface area contributed by atoms with E-state index >= 15 is 0 Å². The van der Waals surface area contributed by atoms with E-state index in [-0.39, 0.29) is 42.3 Å². The van der Waals surface area contributed by atoms with E-state index in [2.05, 4.69) is 15.6 Å². The number of nitrogens with one attached hydrogen (secondary N) is 2. The first-order valence-corrected chi connectivity index (χ1v) is 13.6. The molecule has 42 heavy (non-hydrogen) atoms. The van der Waals surface area contributed by atoms with Gasteiger partial charge in [0.1, 0.15) is 11.6 Å². The summed E-state index contributed by atoms with van der Waals surface area (Å²) in [5.41, 5.74) is 3.91. The molecule has 1 fully saturated rings. The number of thiocarbonyl (C=S) groups is 1. The van der Waals surface area contributed by atoms with E-state index in [1.165, 1.54) is 31.4 Å². The van der Waals surface area contributed by atoms with Crippen LogP contribution in [-0.4, -0.2) is 44.0 Å². The number of hydrogen-bond donors (Lipinski definition) is 2. The summed E-state index contributed by atoms with van der Waals surface area (Å²) in [5.74, 6) is -0.381. The van der Waals surface area contributed by atoms with Crippen LogP contribution >= 0.6 is 12.2 Å². The molecule has 1 saturated heterocycles. The predicted molar refractivity (Wildman–Crippen MR) is 160 cm³/mol. The molecule has 4 aromatic rings. The van der Waals surface area contributed by atoms with Gasteiger partial charge in [0, 0.05) is 42.7 Å². The lowest BCUT2D eigenvalue weighted by molar-refractivity contribution is -0.384. The highest BCUT2D eigenvalue weighted by Crippen LogP contribution is 2.42. The first-order valence-electron chi connectivity index (χ1n) is 13.2. The topological polar surface area (TPSA) is 115 Å². The Balaban J connectivity index is 1.53. The second-order valence-electron chi connectivity index (χ2n) is 9.87. The minimum Gasteiger partial charge on any atom is -0.495 e. The van der Waals surface area contributed by atoms with Crippen LogP contribution in [0.15, 0.2) is 72.9 Å². The number of anilines is 1. The summed E-state index contributed by atoms with van der Waals surface area (Å²) in [7, 11) is 1.52. The molecule has 12 heteroatoms. The molecular weight excluding hydrogens is 559 g/mol. The highest BCUT2D eigenvalue weighted by atomic mass is 32.1. The molecule has 2 aromatic heterocycles. The number of nitrogens with zero attached hydrogens (tertiary/aromatic N) is 4. The summed E-state index contributed by atoms with van der Waals surface area (Å²) < 4.78 is 21.6. The minimum absolute atomic E-state index is 0.0546. The van der Waals surface area contributed by atoms with Gasteiger partial charge in [0.15, 0.2) is 5.11 Å². The Hall–Kier alpha value is -4.84. The molecule has 0 aliphatic carbocycles. The van der Waals surface area contributed by atoms with Gasteiger partial charge in [-0.2, -0.15) is 0 Å². The van der Waals surface area contributed by atoms with Gasteiger partial charge in [-0.05, 0) is 68.0 Å². The number of ether oxygens (including phenoxy) is 1. The number of non-ortho nitro benzene ring substituents is 1. The Morgan fingerprint density at radius 3 is 2.62 bits per heavy atom. The number of rotatable bonds is 9. The molecule has 2 unspecified atom stereocenters. The fourth-order valence-electron chi connectivity index (χ4n) is 5.41. The summed E-state index contributed by atoms with van der Waals surface area (Å²) in [5, 5.41) is 18.0. The van der Waals surface area contributed by atoms with Gasteiger partial charge >= 0.3 is 0 Å². The lowest BCUT2D eigenvalue weighted by Gasteiger charge is -2.28. The molecule has 1 aliphatic heterocycles. The summed E-state index contributed by atoms with van der Waals surface area (Å²) >= 11 is 5.75. The number of pyridine rings is 1. The SMILES string of the molecule is COc1ccc([N+](=O)[O-])cc1-n1c(C)cc(C2C(c3ccccn3)NC(=S)N2CCC(=O)Nc2ccccc2F)c1C. The van der Waals surface area contributed by atoms with Crippen molar-refractivity contribution in [3.63, 3.8) is 0 Å². The van der Waals surface area contributed by atoms with Gasteiger partial charge in [-0.15, -0.1) is 0 Å². The minimum atomic E-state index is -0.513. The maximum absolute atomic E-state index is 14.1. The molecule has 5 rings (SSSR count). The standard InChI is InChI=1S/C30H29FN6O4S/c1-18-16-21(19(2)36(18)25-17-20(37(39)40)11-12-26(25)41-3)29-28(24-10-6-7-14-32-24)34-30(42)35(29)15-13-27(38)33-23-9-5-4-8-22(23)31/h4-12,14,16-17,28-29H,13,15H2,1-3H3,(H,33,38)(H,34,42). The lowest BCUT2D eigenvalue weighted by Crippen LogP contribution is -2.33. The van der Waals surface area contributed by atoms with Crippen LogP contribution in [0, 0.1) is 29.8 Å². The highest BCUT2D eigenvalue weighted by Gasteiger charge is 2.41. The number of aryl methyl sites for hydroxylation is 1. The molecule has 0 bridgehead atoms. The van der Waals surface area contributed by atoms with Crippen molar-refractivity contribution in [1.29, 1.82) is 0 Å². The predicted octanol–water partition coefficient (Wildman–Crippen LogP) is 5.55. The van der Waals surface area contributed by atoms with Gasteiger partial charge in [-0.1, -0.05) is 18.2 Å². The molecule has 2 N–H and O–H groups in total. The van der Waals surface area contributed by atoms with E-state index in [0.717, 1.165) is 22.6 Å². The quantitative estimate of drug-likeness (QED) is 0.149. The van der Waals surface area contributed by atoms with Gasteiger partial charge in [0.05, 0.1) is 41.2 Å². The molecule has 0 spiro atoms. The van der Waals surface area contributed by atoms with Crippen LogP contribution in [0.5, 0.6) is 5.75 Å². The first-order chi connectivity index (χ1) is 20.2.